The molecule has 1 fully saturated rings. The van der Waals surface area contributed by atoms with Crippen molar-refractivity contribution in [3.8, 4) is 0 Å². The number of hydrogen-bond donors (Lipinski definition) is 1. The van der Waals surface area contributed by atoms with Crippen LogP contribution in [0.1, 0.15) is 23.7 Å². The maximum atomic E-state index is 13.5. The van der Waals surface area contributed by atoms with Crippen LogP contribution in [-0.4, -0.2) is 46.0 Å². The molecule has 0 aromatic heterocycles. The van der Waals surface area contributed by atoms with E-state index in [0.717, 1.165) is 24.5 Å². The van der Waals surface area contributed by atoms with Gasteiger partial charge in [-0.25, -0.2) is 21.2 Å². The van der Waals surface area contributed by atoms with Crippen LogP contribution in [0.5, 0.6) is 0 Å². The fourth-order valence-electron chi connectivity index (χ4n) is 2.38. The minimum atomic E-state index is -3.80. The summed E-state index contributed by atoms with van der Waals surface area (Å²) in [6, 6.07) is 3.01. The zero-order valence-corrected chi connectivity index (χ0v) is 13.7. The van der Waals surface area contributed by atoms with Crippen molar-refractivity contribution < 1.29 is 26.0 Å². The summed E-state index contributed by atoms with van der Waals surface area (Å²) < 4.78 is 59.5. The summed E-state index contributed by atoms with van der Waals surface area (Å²) in [5.41, 5.74) is -0.942. The Morgan fingerprint density at radius 2 is 2.00 bits per heavy atom. The lowest BCUT2D eigenvalue weighted by atomic mass is 10.0. The smallest absolute Gasteiger partial charge is 0.251 e. The lowest BCUT2D eigenvalue weighted by Crippen LogP contribution is -2.46. The van der Waals surface area contributed by atoms with Gasteiger partial charge in [-0.3, -0.25) is 4.79 Å². The molecule has 0 radical (unpaired) electrons. The second-order valence-electron chi connectivity index (χ2n) is 5.77. The number of sulfone groups is 2. The fraction of sp³-hybridized carbons (Fsp3) is 0.462. The highest BCUT2D eigenvalue weighted by atomic mass is 32.2. The predicted molar refractivity (Wildman–Crippen MR) is 78.7 cm³/mol. The van der Waals surface area contributed by atoms with Crippen LogP contribution in [0.4, 0.5) is 4.39 Å². The molecule has 1 amide bonds. The first kappa shape index (κ1) is 16.9. The molecular formula is C13H16FNO5S2. The van der Waals surface area contributed by atoms with Crippen molar-refractivity contribution in [3.63, 3.8) is 0 Å². The number of hydrogen-bond acceptors (Lipinski definition) is 5. The lowest BCUT2D eigenvalue weighted by molar-refractivity contribution is 0.0915. The number of carbonyl (C=O) groups excluding carboxylic acids is 1. The maximum Gasteiger partial charge on any atom is 0.251 e. The van der Waals surface area contributed by atoms with Gasteiger partial charge in [0.05, 0.1) is 17.0 Å². The van der Waals surface area contributed by atoms with E-state index in [-0.39, 0.29) is 23.5 Å². The summed E-state index contributed by atoms with van der Waals surface area (Å²) in [6.45, 7) is 1.61. The van der Waals surface area contributed by atoms with Crippen LogP contribution in [0.25, 0.3) is 0 Å². The van der Waals surface area contributed by atoms with E-state index in [4.69, 9.17) is 0 Å². The van der Waals surface area contributed by atoms with Gasteiger partial charge in [0.25, 0.3) is 5.91 Å². The standard InChI is InChI=1S/C13H16FNO5S2/c1-13(5-6-22(19,20)8-13)15-12(16)9-3-4-10(14)11(7-9)21(2,17)18/h3-4,7H,5-6,8H2,1-2H3,(H,15,16)/t13-/m1/s1. The van der Waals surface area contributed by atoms with Gasteiger partial charge >= 0.3 is 0 Å². The van der Waals surface area contributed by atoms with Crippen LogP contribution in [0.15, 0.2) is 23.1 Å². The molecule has 1 aromatic rings. The molecule has 1 aliphatic rings. The molecule has 1 N–H and O–H groups in total. The predicted octanol–water partition coefficient (Wildman–Crippen LogP) is 0.536. The van der Waals surface area contributed by atoms with Crippen molar-refractivity contribution in [2.75, 3.05) is 17.8 Å². The minimum Gasteiger partial charge on any atom is -0.346 e. The van der Waals surface area contributed by atoms with Gasteiger partial charge in [0.1, 0.15) is 10.7 Å². The largest absolute Gasteiger partial charge is 0.346 e. The molecule has 1 aromatic carbocycles. The molecule has 2 rings (SSSR count). The molecule has 9 heteroatoms. The van der Waals surface area contributed by atoms with Crippen LogP contribution in [0, 0.1) is 5.82 Å². The Kier molecular flexibility index (Phi) is 4.07. The lowest BCUT2D eigenvalue weighted by Gasteiger charge is -2.24. The number of amides is 1. The van der Waals surface area contributed by atoms with Crippen LogP contribution >= 0.6 is 0 Å². The summed E-state index contributed by atoms with van der Waals surface area (Å²) in [4.78, 5) is 11.6. The minimum absolute atomic E-state index is 0.0121. The quantitative estimate of drug-likeness (QED) is 0.859. The van der Waals surface area contributed by atoms with Crippen molar-refractivity contribution in [2.24, 2.45) is 0 Å². The second-order valence-corrected chi connectivity index (χ2v) is 9.94. The first-order chi connectivity index (χ1) is 9.92. The van der Waals surface area contributed by atoms with Crippen molar-refractivity contribution in [3.05, 3.63) is 29.6 Å². The van der Waals surface area contributed by atoms with Gasteiger partial charge < -0.3 is 5.32 Å². The Morgan fingerprint density at radius 1 is 1.36 bits per heavy atom. The van der Waals surface area contributed by atoms with E-state index in [2.05, 4.69) is 5.32 Å². The van der Waals surface area contributed by atoms with Crippen molar-refractivity contribution >= 4 is 25.6 Å². The molecular weight excluding hydrogens is 333 g/mol. The van der Waals surface area contributed by atoms with Crippen LogP contribution in [0.2, 0.25) is 0 Å². The normalized spacial score (nSPS) is 24.1. The van der Waals surface area contributed by atoms with Gasteiger partial charge in [-0.1, -0.05) is 0 Å². The molecule has 1 heterocycles. The van der Waals surface area contributed by atoms with Gasteiger partial charge in [0, 0.05) is 11.8 Å². The molecule has 0 spiro atoms. The van der Waals surface area contributed by atoms with E-state index < -0.39 is 41.8 Å². The molecule has 1 atom stereocenters. The Bertz CT molecular complexity index is 832. The number of benzene rings is 1. The van der Waals surface area contributed by atoms with Gasteiger partial charge in [0.15, 0.2) is 19.7 Å². The first-order valence-corrected chi connectivity index (χ1v) is 10.2. The fourth-order valence-corrected chi connectivity index (χ4v) is 5.24. The van der Waals surface area contributed by atoms with E-state index in [0.29, 0.717) is 0 Å². The van der Waals surface area contributed by atoms with Crippen LogP contribution < -0.4 is 5.32 Å². The molecule has 122 valence electrons. The molecule has 6 nitrogen and oxygen atoms in total. The molecule has 0 bridgehead atoms. The van der Waals surface area contributed by atoms with Crippen LogP contribution in [-0.2, 0) is 19.7 Å². The third-order valence-corrected chi connectivity index (χ3v) is 6.53. The monoisotopic (exact) mass is 349 g/mol. The molecule has 0 unspecified atom stereocenters. The Labute approximate surface area is 128 Å². The molecule has 0 saturated carbocycles. The number of halogens is 1. The van der Waals surface area contributed by atoms with E-state index in [1.165, 1.54) is 0 Å². The SMILES string of the molecule is C[C@@]1(NC(=O)c2ccc(F)c(S(C)(=O)=O)c2)CCS(=O)(=O)C1. The van der Waals surface area contributed by atoms with E-state index in [9.17, 15) is 26.0 Å². The molecule has 1 aliphatic heterocycles. The highest BCUT2D eigenvalue weighted by Gasteiger charge is 2.39. The average Bonchev–Trinajstić information content (AvgIpc) is 2.62. The van der Waals surface area contributed by atoms with Gasteiger partial charge in [0.2, 0.25) is 0 Å². The molecule has 0 aliphatic carbocycles. The van der Waals surface area contributed by atoms with E-state index in [1.807, 2.05) is 0 Å². The summed E-state index contributed by atoms with van der Waals surface area (Å²) in [6.07, 6.45) is 1.12. The zero-order chi connectivity index (χ0) is 16.8. The summed E-state index contributed by atoms with van der Waals surface area (Å²) in [5.74, 6) is -1.76. The molecule has 22 heavy (non-hydrogen) atoms. The average molecular weight is 349 g/mol. The summed E-state index contributed by atoms with van der Waals surface area (Å²) in [7, 11) is -6.99. The van der Waals surface area contributed by atoms with Gasteiger partial charge in [-0.05, 0) is 31.5 Å². The summed E-state index contributed by atoms with van der Waals surface area (Å²) >= 11 is 0. The second kappa shape index (κ2) is 5.31. The van der Waals surface area contributed by atoms with Gasteiger partial charge in [-0.15, -0.1) is 0 Å². The Morgan fingerprint density at radius 3 is 2.50 bits per heavy atom. The Balaban J connectivity index is 2.28. The first-order valence-electron chi connectivity index (χ1n) is 6.44. The van der Waals surface area contributed by atoms with Crippen molar-refractivity contribution in [1.82, 2.24) is 5.32 Å². The van der Waals surface area contributed by atoms with E-state index >= 15 is 0 Å². The zero-order valence-electron chi connectivity index (χ0n) is 12.1. The molecule has 1 saturated heterocycles. The van der Waals surface area contributed by atoms with Crippen molar-refractivity contribution in [1.29, 1.82) is 0 Å². The highest BCUT2D eigenvalue weighted by Crippen LogP contribution is 2.24. The van der Waals surface area contributed by atoms with Crippen LogP contribution in [0.3, 0.4) is 0 Å². The topological polar surface area (TPSA) is 97.4 Å². The third-order valence-electron chi connectivity index (χ3n) is 3.51. The van der Waals surface area contributed by atoms with Gasteiger partial charge in [-0.2, -0.15) is 0 Å². The number of rotatable bonds is 3. The maximum absolute atomic E-state index is 13.5. The third kappa shape index (κ3) is 3.64. The summed E-state index contributed by atoms with van der Waals surface area (Å²) in [5, 5.41) is 2.59. The van der Waals surface area contributed by atoms with E-state index in [1.54, 1.807) is 6.92 Å². The Hall–Kier alpha value is -1.48. The number of nitrogens with one attached hydrogen (secondary N) is 1. The highest BCUT2D eigenvalue weighted by molar-refractivity contribution is 7.91. The number of carbonyl (C=O) groups is 1. The van der Waals surface area contributed by atoms with Crippen molar-refractivity contribution in [2.45, 2.75) is 23.8 Å².